The lowest BCUT2D eigenvalue weighted by Gasteiger charge is -2.10. The van der Waals surface area contributed by atoms with Gasteiger partial charge < -0.3 is 19.9 Å². The third kappa shape index (κ3) is 4.42. The molecule has 1 heterocycles. The minimum absolute atomic E-state index is 0.414. The van der Waals surface area contributed by atoms with E-state index in [1.807, 2.05) is 13.1 Å². The first-order valence-corrected chi connectivity index (χ1v) is 5.07. The van der Waals surface area contributed by atoms with E-state index in [0.29, 0.717) is 12.6 Å². The average molecular weight is 213 g/mol. The summed E-state index contributed by atoms with van der Waals surface area (Å²) >= 11 is 0. The van der Waals surface area contributed by atoms with Gasteiger partial charge in [0.15, 0.2) is 5.76 Å². The molecular weight excluding hydrogens is 194 g/mol. The first kappa shape index (κ1) is 12.2. The summed E-state index contributed by atoms with van der Waals surface area (Å²) in [6.45, 7) is 4.24. The van der Waals surface area contributed by atoms with E-state index >= 15 is 0 Å². The number of aromatic nitrogens is 1. The van der Waals surface area contributed by atoms with E-state index in [0.717, 1.165) is 24.5 Å². The Hall–Kier alpha value is -0.910. The first-order valence-electron chi connectivity index (χ1n) is 5.07. The highest BCUT2D eigenvalue weighted by molar-refractivity contribution is 5.04. The van der Waals surface area contributed by atoms with E-state index in [-0.39, 0.29) is 0 Å². The SMILES string of the molecule is CNCC(C)NCc1cc(COC)on1. The van der Waals surface area contributed by atoms with Crippen molar-refractivity contribution in [2.24, 2.45) is 0 Å². The van der Waals surface area contributed by atoms with Crippen molar-refractivity contribution in [1.29, 1.82) is 0 Å². The molecule has 1 aromatic rings. The average Bonchev–Trinajstić information content (AvgIpc) is 2.64. The van der Waals surface area contributed by atoms with E-state index < -0.39 is 0 Å². The number of hydrogen-bond donors (Lipinski definition) is 2. The van der Waals surface area contributed by atoms with Crippen LogP contribution in [-0.2, 0) is 17.9 Å². The van der Waals surface area contributed by atoms with Gasteiger partial charge in [-0.3, -0.25) is 0 Å². The Kier molecular flexibility index (Phi) is 5.31. The van der Waals surface area contributed by atoms with E-state index in [2.05, 4.69) is 22.7 Å². The first-order chi connectivity index (χ1) is 7.26. The van der Waals surface area contributed by atoms with E-state index in [1.165, 1.54) is 0 Å². The lowest BCUT2D eigenvalue weighted by atomic mass is 10.3. The Bertz CT molecular complexity index is 275. The molecule has 5 heteroatoms. The van der Waals surface area contributed by atoms with Crippen LogP contribution in [0.3, 0.4) is 0 Å². The maximum atomic E-state index is 5.07. The van der Waals surface area contributed by atoms with Crippen LogP contribution < -0.4 is 10.6 Å². The van der Waals surface area contributed by atoms with Gasteiger partial charge in [0.05, 0.1) is 5.69 Å². The third-order valence-electron chi connectivity index (χ3n) is 2.04. The molecule has 1 atom stereocenters. The lowest BCUT2D eigenvalue weighted by Crippen LogP contribution is -2.34. The molecule has 0 saturated carbocycles. The minimum Gasteiger partial charge on any atom is -0.377 e. The van der Waals surface area contributed by atoms with E-state index in [1.54, 1.807) is 7.11 Å². The second-order valence-electron chi connectivity index (χ2n) is 3.56. The van der Waals surface area contributed by atoms with Crippen LogP contribution >= 0.6 is 0 Å². The molecule has 15 heavy (non-hydrogen) atoms. The van der Waals surface area contributed by atoms with Crippen LogP contribution in [0.15, 0.2) is 10.6 Å². The zero-order chi connectivity index (χ0) is 11.1. The second-order valence-corrected chi connectivity index (χ2v) is 3.56. The standard InChI is InChI=1S/C10H19N3O2/c1-8(5-11-2)12-6-9-4-10(7-14-3)15-13-9/h4,8,11-12H,5-7H2,1-3H3. The van der Waals surface area contributed by atoms with Gasteiger partial charge in [-0.05, 0) is 14.0 Å². The predicted molar refractivity (Wildman–Crippen MR) is 57.4 cm³/mol. The van der Waals surface area contributed by atoms with Gasteiger partial charge in [-0.2, -0.15) is 0 Å². The number of hydrogen-bond acceptors (Lipinski definition) is 5. The molecule has 1 aromatic heterocycles. The summed E-state index contributed by atoms with van der Waals surface area (Å²) in [7, 11) is 3.57. The van der Waals surface area contributed by atoms with Crippen molar-refractivity contribution in [2.45, 2.75) is 26.1 Å². The number of rotatable bonds is 7. The van der Waals surface area contributed by atoms with Crippen LogP contribution in [0.4, 0.5) is 0 Å². The molecule has 2 N–H and O–H groups in total. The van der Waals surface area contributed by atoms with Crippen LogP contribution in [0.5, 0.6) is 0 Å². The summed E-state index contributed by atoms with van der Waals surface area (Å²) in [5.74, 6) is 0.760. The monoisotopic (exact) mass is 213 g/mol. The molecule has 0 saturated heterocycles. The topological polar surface area (TPSA) is 59.3 Å². The third-order valence-corrected chi connectivity index (χ3v) is 2.04. The summed E-state index contributed by atoms with van der Waals surface area (Å²) in [4.78, 5) is 0. The van der Waals surface area contributed by atoms with Crippen molar-refractivity contribution in [3.05, 3.63) is 17.5 Å². The van der Waals surface area contributed by atoms with E-state index in [9.17, 15) is 0 Å². The van der Waals surface area contributed by atoms with E-state index in [4.69, 9.17) is 9.26 Å². The lowest BCUT2D eigenvalue weighted by molar-refractivity contribution is 0.155. The quantitative estimate of drug-likeness (QED) is 0.691. The normalized spacial score (nSPS) is 13.0. The molecule has 1 rings (SSSR count). The molecule has 0 aromatic carbocycles. The van der Waals surface area contributed by atoms with Crippen molar-refractivity contribution in [1.82, 2.24) is 15.8 Å². The fourth-order valence-electron chi connectivity index (χ4n) is 1.31. The Morgan fingerprint density at radius 1 is 1.60 bits per heavy atom. The molecule has 0 fully saturated rings. The summed E-state index contributed by atoms with van der Waals surface area (Å²) < 4.78 is 10.0. The van der Waals surface area contributed by atoms with Gasteiger partial charge in [-0.15, -0.1) is 0 Å². The Morgan fingerprint density at radius 2 is 2.40 bits per heavy atom. The summed E-state index contributed by atoms with van der Waals surface area (Å²) in [5, 5.41) is 10.4. The summed E-state index contributed by atoms with van der Waals surface area (Å²) in [5.41, 5.74) is 0.907. The van der Waals surface area contributed by atoms with Crippen molar-refractivity contribution < 1.29 is 9.26 Å². The number of nitrogens with zero attached hydrogens (tertiary/aromatic N) is 1. The molecular formula is C10H19N3O2. The highest BCUT2D eigenvalue weighted by Gasteiger charge is 2.05. The van der Waals surface area contributed by atoms with Crippen molar-refractivity contribution in [2.75, 3.05) is 20.7 Å². The van der Waals surface area contributed by atoms with Gasteiger partial charge in [0.25, 0.3) is 0 Å². The van der Waals surface area contributed by atoms with Crippen LogP contribution in [0.25, 0.3) is 0 Å². The maximum absolute atomic E-state index is 5.07. The number of methoxy groups -OCH3 is 1. The highest BCUT2D eigenvalue weighted by Crippen LogP contribution is 2.04. The van der Waals surface area contributed by atoms with Gasteiger partial charge in [-0.25, -0.2) is 0 Å². The number of likely N-dealkylation sites (N-methyl/N-ethyl adjacent to an activating group) is 1. The Balaban J connectivity index is 2.30. The van der Waals surface area contributed by atoms with Crippen molar-refractivity contribution >= 4 is 0 Å². The molecule has 1 unspecified atom stereocenters. The molecule has 0 aliphatic heterocycles. The van der Waals surface area contributed by atoms with Crippen LogP contribution in [0.1, 0.15) is 18.4 Å². The molecule has 0 aliphatic carbocycles. The fourth-order valence-corrected chi connectivity index (χ4v) is 1.31. The van der Waals surface area contributed by atoms with Crippen LogP contribution in [0.2, 0.25) is 0 Å². The molecule has 0 aliphatic rings. The molecule has 0 radical (unpaired) electrons. The molecule has 86 valence electrons. The molecule has 0 bridgehead atoms. The number of ether oxygens (including phenoxy) is 1. The minimum atomic E-state index is 0.414. The number of nitrogens with one attached hydrogen (secondary N) is 2. The van der Waals surface area contributed by atoms with Gasteiger partial charge >= 0.3 is 0 Å². The van der Waals surface area contributed by atoms with Gasteiger partial charge in [0.2, 0.25) is 0 Å². The smallest absolute Gasteiger partial charge is 0.162 e. The Morgan fingerprint density at radius 3 is 3.07 bits per heavy atom. The predicted octanol–water partition coefficient (Wildman–Crippen LogP) is 0.518. The molecule has 5 nitrogen and oxygen atoms in total. The molecule has 0 amide bonds. The molecule has 0 spiro atoms. The summed E-state index contributed by atoms with van der Waals surface area (Å²) in [6.07, 6.45) is 0. The largest absolute Gasteiger partial charge is 0.377 e. The van der Waals surface area contributed by atoms with Gasteiger partial charge in [-0.1, -0.05) is 5.16 Å². The fraction of sp³-hybridized carbons (Fsp3) is 0.700. The maximum Gasteiger partial charge on any atom is 0.162 e. The highest BCUT2D eigenvalue weighted by atomic mass is 16.5. The Labute approximate surface area is 90.2 Å². The second kappa shape index (κ2) is 6.55. The van der Waals surface area contributed by atoms with Crippen molar-refractivity contribution in [3.8, 4) is 0 Å². The van der Waals surface area contributed by atoms with Crippen LogP contribution in [0, 0.1) is 0 Å². The van der Waals surface area contributed by atoms with Gasteiger partial charge in [0.1, 0.15) is 6.61 Å². The zero-order valence-electron chi connectivity index (χ0n) is 9.54. The summed E-state index contributed by atoms with van der Waals surface area (Å²) in [6, 6.07) is 2.32. The van der Waals surface area contributed by atoms with Gasteiger partial charge in [0, 0.05) is 32.3 Å². The zero-order valence-corrected chi connectivity index (χ0v) is 9.54. The van der Waals surface area contributed by atoms with Crippen molar-refractivity contribution in [3.63, 3.8) is 0 Å². The van der Waals surface area contributed by atoms with Crippen LogP contribution in [-0.4, -0.2) is 31.9 Å².